The van der Waals surface area contributed by atoms with Crippen molar-refractivity contribution in [2.45, 2.75) is 11.3 Å². The monoisotopic (exact) mass is 278 g/mol. The quantitative estimate of drug-likeness (QED) is 0.872. The van der Waals surface area contributed by atoms with Crippen molar-refractivity contribution in [2.24, 2.45) is 0 Å². The summed E-state index contributed by atoms with van der Waals surface area (Å²) in [6.07, 6.45) is 4.37. The molecule has 0 aliphatic heterocycles. The molecule has 94 valence electrons. The molecule has 5 heteroatoms. The fraction of sp³-hybridized carbons (Fsp3) is 0.231. The average Bonchev–Trinajstić information content (AvgIpc) is 2.83. The van der Waals surface area contributed by atoms with E-state index in [0.29, 0.717) is 6.54 Å². The van der Waals surface area contributed by atoms with Gasteiger partial charge in [-0.2, -0.15) is 0 Å². The number of carbonyl (C=O) groups is 1. The first-order valence-corrected chi connectivity index (χ1v) is 6.91. The van der Waals surface area contributed by atoms with E-state index in [1.807, 2.05) is 24.6 Å². The molecule has 0 unspecified atom stereocenters. The lowest BCUT2D eigenvalue weighted by Gasteiger charge is -2.16. The molecule has 1 amide bonds. The van der Waals surface area contributed by atoms with E-state index in [0.717, 1.165) is 16.2 Å². The van der Waals surface area contributed by atoms with E-state index in [4.69, 9.17) is 0 Å². The van der Waals surface area contributed by atoms with Crippen LogP contribution in [0.15, 0.2) is 40.9 Å². The number of thiophene rings is 1. The van der Waals surface area contributed by atoms with Crippen molar-refractivity contribution >= 4 is 29.9 Å². The number of thiol groups is 1. The Balaban J connectivity index is 1.92. The summed E-state index contributed by atoms with van der Waals surface area (Å²) < 4.78 is 0. The molecule has 0 aliphatic carbocycles. The van der Waals surface area contributed by atoms with Crippen molar-refractivity contribution in [2.75, 3.05) is 13.6 Å². The Labute approximate surface area is 116 Å². The molecule has 2 rings (SSSR count). The molecule has 2 aromatic heterocycles. The molecule has 0 radical (unpaired) electrons. The zero-order valence-electron chi connectivity index (χ0n) is 10.0. The van der Waals surface area contributed by atoms with Crippen LogP contribution in [-0.2, 0) is 6.42 Å². The van der Waals surface area contributed by atoms with E-state index in [9.17, 15) is 4.79 Å². The van der Waals surface area contributed by atoms with E-state index in [1.165, 1.54) is 16.9 Å². The largest absolute Gasteiger partial charge is 0.341 e. The van der Waals surface area contributed by atoms with E-state index in [2.05, 4.69) is 17.6 Å². The minimum absolute atomic E-state index is 0.0503. The number of hydrogen-bond donors (Lipinski definition) is 1. The maximum Gasteiger partial charge on any atom is 0.263 e. The highest BCUT2D eigenvalue weighted by atomic mass is 32.1. The summed E-state index contributed by atoms with van der Waals surface area (Å²) in [6.45, 7) is 0.697. The van der Waals surface area contributed by atoms with Gasteiger partial charge in [0.15, 0.2) is 0 Å². The molecule has 0 N–H and O–H groups in total. The summed E-state index contributed by atoms with van der Waals surface area (Å²) in [6, 6.07) is 5.74. The van der Waals surface area contributed by atoms with E-state index in [1.54, 1.807) is 23.4 Å². The van der Waals surface area contributed by atoms with E-state index in [-0.39, 0.29) is 5.91 Å². The number of hydrogen-bond acceptors (Lipinski definition) is 4. The van der Waals surface area contributed by atoms with Gasteiger partial charge in [0.25, 0.3) is 5.91 Å². The van der Waals surface area contributed by atoms with Crippen LogP contribution in [-0.4, -0.2) is 29.4 Å². The minimum atomic E-state index is 0.0503. The number of carbonyl (C=O) groups excluding carboxylic acids is 1. The Hall–Kier alpha value is -1.33. The summed E-state index contributed by atoms with van der Waals surface area (Å²) in [7, 11) is 1.82. The first-order chi connectivity index (χ1) is 8.66. The molecule has 0 spiro atoms. The van der Waals surface area contributed by atoms with E-state index < -0.39 is 0 Å². The number of pyridine rings is 1. The van der Waals surface area contributed by atoms with Gasteiger partial charge in [0.1, 0.15) is 0 Å². The SMILES string of the molecule is CN(CCc1ccncc1)C(=O)c1cc(S)cs1. The second kappa shape index (κ2) is 6.02. The Morgan fingerprint density at radius 1 is 1.44 bits per heavy atom. The van der Waals surface area contributed by atoms with Gasteiger partial charge in [0.05, 0.1) is 4.88 Å². The highest BCUT2D eigenvalue weighted by Gasteiger charge is 2.13. The average molecular weight is 278 g/mol. The van der Waals surface area contributed by atoms with Gasteiger partial charge in [-0.15, -0.1) is 24.0 Å². The minimum Gasteiger partial charge on any atom is -0.341 e. The number of aromatic nitrogens is 1. The second-order valence-electron chi connectivity index (χ2n) is 4.00. The zero-order chi connectivity index (χ0) is 13.0. The second-order valence-corrected chi connectivity index (χ2v) is 5.43. The normalized spacial score (nSPS) is 10.3. The highest BCUT2D eigenvalue weighted by Crippen LogP contribution is 2.19. The molecule has 0 saturated carbocycles. The molecule has 0 fully saturated rings. The lowest BCUT2D eigenvalue weighted by molar-refractivity contribution is 0.0801. The van der Waals surface area contributed by atoms with Crippen molar-refractivity contribution < 1.29 is 4.79 Å². The molecule has 0 bridgehead atoms. The molecule has 2 heterocycles. The molecule has 0 aromatic carbocycles. The molecule has 3 nitrogen and oxygen atoms in total. The van der Waals surface area contributed by atoms with Crippen LogP contribution < -0.4 is 0 Å². The first-order valence-electron chi connectivity index (χ1n) is 5.58. The zero-order valence-corrected chi connectivity index (χ0v) is 11.7. The smallest absolute Gasteiger partial charge is 0.263 e. The first kappa shape index (κ1) is 13.1. The van der Waals surface area contributed by atoms with Gasteiger partial charge < -0.3 is 4.90 Å². The summed E-state index contributed by atoms with van der Waals surface area (Å²) in [5.41, 5.74) is 1.19. The number of rotatable bonds is 4. The Morgan fingerprint density at radius 2 is 2.17 bits per heavy atom. The van der Waals surface area contributed by atoms with Crippen LogP contribution in [0.4, 0.5) is 0 Å². The molecule has 2 aromatic rings. The number of likely N-dealkylation sites (N-methyl/N-ethyl adjacent to an activating group) is 1. The van der Waals surface area contributed by atoms with Gasteiger partial charge >= 0.3 is 0 Å². The van der Waals surface area contributed by atoms with Gasteiger partial charge in [0, 0.05) is 36.3 Å². The van der Waals surface area contributed by atoms with Gasteiger partial charge in [-0.05, 0) is 30.2 Å². The third-order valence-corrected chi connectivity index (χ3v) is 3.98. The van der Waals surface area contributed by atoms with Gasteiger partial charge in [-0.3, -0.25) is 9.78 Å². The summed E-state index contributed by atoms with van der Waals surface area (Å²) >= 11 is 5.64. The predicted octanol–water partition coefficient (Wildman–Crippen LogP) is 2.75. The summed E-state index contributed by atoms with van der Waals surface area (Å²) in [4.78, 5) is 19.3. The van der Waals surface area contributed by atoms with Crippen LogP contribution in [0, 0.1) is 0 Å². The predicted molar refractivity (Wildman–Crippen MR) is 76.5 cm³/mol. The molecular formula is C13H14N2OS2. The topological polar surface area (TPSA) is 33.2 Å². The van der Waals surface area contributed by atoms with Crippen LogP contribution in [0.1, 0.15) is 15.2 Å². The molecular weight excluding hydrogens is 264 g/mol. The van der Waals surface area contributed by atoms with Crippen LogP contribution in [0.2, 0.25) is 0 Å². The van der Waals surface area contributed by atoms with Crippen LogP contribution >= 0.6 is 24.0 Å². The maximum atomic E-state index is 12.1. The molecule has 18 heavy (non-hydrogen) atoms. The van der Waals surface area contributed by atoms with Crippen molar-refractivity contribution in [3.05, 3.63) is 46.4 Å². The van der Waals surface area contributed by atoms with Gasteiger partial charge in [0.2, 0.25) is 0 Å². The van der Waals surface area contributed by atoms with Gasteiger partial charge in [-0.1, -0.05) is 0 Å². The van der Waals surface area contributed by atoms with Crippen molar-refractivity contribution in [3.8, 4) is 0 Å². The standard InChI is InChI=1S/C13H14N2OS2/c1-15(7-4-10-2-5-14-6-3-10)13(16)12-8-11(17)9-18-12/h2-3,5-6,8-9,17H,4,7H2,1H3. The van der Waals surface area contributed by atoms with Crippen LogP contribution in [0.5, 0.6) is 0 Å². The number of amides is 1. The fourth-order valence-electron chi connectivity index (χ4n) is 1.57. The van der Waals surface area contributed by atoms with Crippen LogP contribution in [0.25, 0.3) is 0 Å². The maximum absolute atomic E-state index is 12.1. The lowest BCUT2D eigenvalue weighted by atomic mass is 10.2. The summed E-state index contributed by atoms with van der Waals surface area (Å²) in [5.74, 6) is 0.0503. The van der Waals surface area contributed by atoms with Crippen molar-refractivity contribution in [3.63, 3.8) is 0 Å². The number of nitrogens with zero attached hydrogens (tertiary/aromatic N) is 2. The summed E-state index contributed by atoms with van der Waals surface area (Å²) in [5, 5.41) is 1.87. The Morgan fingerprint density at radius 3 is 2.78 bits per heavy atom. The molecule has 0 aliphatic rings. The lowest BCUT2D eigenvalue weighted by Crippen LogP contribution is -2.28. The van der Waals surface area contributed by atoms with E-state index >= 15 is 0 Å². The van der Waals surface area contributed by atoms with Crippen molar-refractivity contribution in [1.29, 1.82) is 0 Å². The Bertz CT molecular complexity index is 525. The fourth-order valence-corrected chi connectivity index (χ4v) is 2.72. The molecule has 0 saturated heterocycles. The van der Waals surface area contributed by atoms with Gasteiger partial charge in [-0.25, -0.2) is 0 Å². The van der Waals surface area contributed by atoms with Crippen LogP contribution in [0.3, 0.4) is 0 Å². The third-order valence-electron chi connectivity index (χ3n) is 2.63. The molecule has 0 atom stereocenters. The Kier molecular flexibility index (Phi) is 4.38. The third kappa shape index (κ3) is 3.34. The highest BCUT2D eigenvalue weighted by molar-refractivity contribution is 7.80. The van der Waals surface area contributed by atoms with Crippen molar-refractivity contribution in [1.82, 2.24) is 9.88 Å².